The van der Waals surface area contributed by atoms with Gasteiger partial charge in [-0.2, -0.15) is 13.2 Å². The van der Waals surface area contributed by atoms with Gasteiger partial charge in [0.2, 0.25) is 5.91 Å². The van der Waals surface area contributed by atoms with Gasteiger partial charge in [-0.05, 0) is 18.8 Å². The molecule has 0 unspecified atom stereocenters. The molecule has 1 aromatic rings. The molecule has 152 valence electrons. The molecule has 1 fully saturated rings. The Bertz CT molecular complexity index is 771. The van der Waals surface area contributed by atoms with Crippen molar-refractivity contribution in [2.75, 3.05) is 0 Å². The Balaban J connectivity index is 2.09. The zero-order chi connectivity index (χ0) is 20.5. The lowest BCUT2D eigenvalue weighted by molar-refractivity contribution is -0.200. The predicted octanol–water partition coefficient (Wildman–Crippen LogP) is 3.64. The van der Waals surface area contributed by atoms with Gasteiger partial charge in [-0.3, -0.25) is 14.5 Å². The zero-order valence-electron chi connectivity index (χ0n) is 15.9. The molecule has 1 atom stereocenters. The summed E-state index contributed by atoms with van der Waals surface area (Å²) in [7, 11) is 0. The summed E-state index contributed by atoms with van der Waals surface area (Å²) in [6.45, 7) is 3.44. The highest BCUT2D eigenvalue weighted by Gasteiger charge is 2.67. The lowest BCUT2D eigenvalue weighted by atomic mass is 10.1. The van der Waals surface area contributed by atoms with E-state index in [2.05, 4.69) is 4.99 Å². The SMILES string of the molecule is CC(C)CC(=O)N[C@]1(C(F)(F)F)N=C(c2ccccc2)N(C2CCCC2)C1=O. The van der Waals surface area contributed by atoms with Gasteiger partial charge in [0.25, 0.3) is 5.91 Å². The highest BCUT2D eigenvalue weighted by Crippen LogP contribution is 2.41. The number of amides is 2. The molecule has 3 rings (SSSR count). The molecular weight excluding hydrogens is 371 g/mol. The fraction of sp³-hybridized carbons (Fsp3) is 0.550. The van der Waals surface area contributed by atoms with Crippen molar-refractivity contribution in [3.05, 3.63) is 35.9 Å². The number of benzene rings is 1. The maximum Gasteiger partial charge on any atom is 0.442 e. The molecule has 2 aliphatic rings. The van der Waals surface area contributed by atoms with E-state index in [1.807, 2.05) is 5.32 Å². The van der Waals surface area contributed by atoms with Gasteiger partial charge in [-0.15, -0.1) is 0 Å². The number of nitrogens with zero attached hydrogens (tertiary/aromatic N) is 2. The zero-order valence-corrected chi connectivity index (χ0v) is 15.9. The lowest BCUT2D eigenvalue weighted by Gasteiger charge is -2.31. The van der Waals surface area contributed by atoms with Gasteiger partial charge in [0.15, 0.2) is 0 Å². The van der Waals surface area contributed by atoms with Crippen LogP contribution >= 0.6 is 0 Å². The van der Waals surface area contributed by atoms with Crippen LogP contribution in [0.25, 0.3) is 0 Å². The second kappa shape index (κ2) is 7.56. The molecule has 8 heteroatoms. The van der Waals surface area contributed by atoms with Crippen molar-refractivity contribution < 1.29 is 22.8 Å². The minimum absolute atomic E-state index is 0.0281. The first kappa shape index (κ1) is 20.4. The maximum absolute atomic E-state index is 14.1. The summed E-state index contributed by atoms with van der Waals surface area (Å²) in [5.41, 5.74) is -2.85. The van der Waals surface area contributed by atoms with Crippen molar-refractivity contribution in [2.24, 2.45) is 10.9 Å². The Hall–Kier alpha value is -2.38. The Morgan fingerprint density at radius 1 is 1.25 bits per heavy atom. The Kier molecular flexibility index (Phi) is 5.50. The number of hydrogen-bond acceptors (Lipinski definition) is 3. The first-order valence-electron chi connectivity index (χ1n) is 9.52. The van der Waals surface area contributed by atoms with E-state index in [4.69, 9.17) is 0 Å². The minimum Gasteiger partial charge on any atom is -0.316 e. The average molecular weight is 395 g/mol. The smallest absolute Gasteiger partial charge is 0.316 e. The summed E-state index contributed by atoms with van der Waals surface area (Å²) in [4.78, 5) is 30.4. The fourth-order valence-corrected chi connectivity index (χ4v) is 3.78. The van der Waals surface area contributed by atoms with Crippen molar-refractivity contribution in [1.29, 1.82) is 0 Å². The molecule has 1 aliphatic heterocycles. The average Bonchev–Trinajstić information content (AvgIpc) is 3.22. The van der Waals surface area contributed by atoms with Crippen LogP contribution in [-0.4, -0.2) is 40.4 Å². The molecule has 1 heterocycles. The number of amidine groups is 1. The van der Waals surface area contributed by atoms with Crippen molar-refractivity contribution >= 4 is 17.6 Å². The summed E-state index contributed by atoms with van der Waals surface area (Å²) >= 11 is 0. The molecule has 1 aliphatic carbocycles. The number of carbonyl (C=O) groups is 2. The Morgan fingerprint density at radius 3 is 2.39 bits per heavy atom. The summed E-state index contributed by atoms with van der Waals surface area (Å²) < 4.78 is 42.4. The molecule has 1 aromatic carbocycles. The highest BCUT2D eigenvalue weighted by atomic mass is 19.4. The third kappa shape index (κ3) is 3.64. The molecule has 28 heavy (non-hydrogen) atoms. The van der Waals surface area contributed by atoms with Gasteiger partial charge in [0.1, 0.15) is 5.84 Å². The molecule has 1 N–H and O–H groups in total. The highest BCUT2D eigenvalue weighted by molar-refractivity contribution is 6.16. The van der Waals surface area contributed by atoms with E-state index in [1.165, 1.54) is 0 Å². The standard InChI is InChI=1S/C20H24F3N3O2/c1-13(2)12-16(27)24-19(20(21,22)23)18(28)26(15-10-6-7-11-15)17(25-19)14-8-4-3-5-9-14/h3-5,8-9,13,15H,6-7,10-12H2,1-2H3,(H,24,27)/t19-/m0/s1. The Labute approximate surface area is 162 Å². The van der Waals surface area contributed by atoms with Crippen LogP contribution in [0.5, 0.6) is 0 Å². The van der Waals surface area contributed by atoms with Gasteiger partial charge in [-0.25, -0.2) is 4.99 Å². The van der Waals surface area contributed by atoms with Crippen LogP contribution in [0.1, 0.15) is 51.5 Å². The van der Waals surface area contributed by atoms with Crippen LogP contribution in [0.4, 0.5) is 13.2 Å². The molecule has 0 saturated heterocycles. The third-order valence-corrected chi connectivity index (χ3v) is 5.08. The van der Waals surface area contributed by atoms with E-state index in [9.17, 15) is 22.8 Å². The second-order valence-electron chi connectivity index (χ2n) is 7.77. The quantitative estimate of drug-likeness (QED) is 0.828. The van der Waals surface area contributed by atoms with Crippen LogP contribution < -0.4 is 5.32 Å². The number of halogens is 3. The van der Waals surface area contributed by atoms with E-state index in [-0.39, 0.29) is 24.2 Å². The van der Waals surface area contributed by atoms with E-state index >= 15 is 0 Å². The van der Waals surface area contributed by atoms with Crippen LogP contribution in [-0.2, 0) is 9.59 Å². The van der Waals surface area contributed by atoms with Crippen LogP contribution in [0.15, 0.2) is 35.3 Å². The lowest BCUT2D eigenvalue weighted by Crippen LogP contribution is -2.64. The van der Waals surface area contributed by atoms with Crippen molar-refractivity contribution in [3.63, 3.8) is 0 Å². The van der Waals surface area contributed by atoms with Crippen LogP contribution in [0.2, 0.25) is 0 Å². The number of hydrogen-bond donors (Lipinski definition) is 1. The molecule has 0 radical (unpaired) electrons. The summed E-state index contributed by atoms with van der Waals surface area (Å²) in [5, 5.41) is 1.92. The van der Waals surface area contributed by atoms with Crippen molar-refractivity contribution in [3.8, 4) is 0 Å². The van der Waals surface area contributed by atoms with Crippen molar-refractivity contribution in [1.82, 2.24) is 10.2 Å². The fourth-order valence-electron chi connectivity index (χ4n) is 3.78. The molecule has 0 bridgehead atoms. The topological polar surface area (TPSA) is 61.8 Å². The molecular formula is C20H24F3N3O2. The minimum atomic E-state index is -5.05. The monoisotopic (exact) mass is 395 g/mol. The predicted molar refractivity (Wildman–Crippen MR) is 98.5 cm³/mol. The molecule has 0 spiro atoms. The molecule has 5 nitrogen and oxygen atoms in total. The summed E-state index contributed by atoms with van der Waals surface area (Å²) in [6, 6.07) is 7.99. The van der Waals surface area contributed by atoms with Gasteiger partial charge in [0.05, 0.1) is 0 Å². The van der Waals surface area contributed by atoms with E-state index < -0.39 is 23.7 Å². The van der Waals surface area contributed by atoms with Crippen LogP contribution in [0, 0.1) is 5.92 Å². The van der Waals surface area contributed by atoms with E-state index in [0.717, 1.165) is 17.7 Å². The first-order valence-corrected chi connectivity index (χ1v) is 9.52. The maximum atomic E-state index is 14.1. The summed E-state index contributed by atoms with van der Waals surface area (Å²) in [6.07, 6.45) is -2.25. The van der Waals surface area contributed by atoms with Crippen LogP contribution in [0.3, 0.4) is 0 Å². The number of nitrogens with one attached hydrogen (secondary N) is 1. The molecule has 1 saturated carbocycles. The van der Waals surface area contributed by atoms with Gasteiger partial charge in [-0.1, -0.05) is 57.0 Å². The first-order chi connectivity index (χ1) is 13.2. The molecule has 2 amide bonds. The van der Waals surface area contributed by atoms with E-state index in [1.54, 1.807) is 44.2 Å². The molecule has 0 aromatic heterocycles. The Morgan fingerprint density at radius 2 is 1.86 bits per heavy atom. The van der Waals surface area contributed by atoms with Crippen molar-refractivity contribution in [2.45, 2.75) is 63.8 Å². The van der Waals surface area contributed by atoms with Gasteiger partial charge >= 0.3 is 11.8 Å². The van der Waals surface area contributed by atoms with E-state index in [0.29, 0.717) is 18.4 Å². The number of rotatable bonds is 5. The third-order valence-electron chi connectivity index (χ3n) is 5.08. The second-order valence-corrected chi connectivity index (χ2v) is 7.77. The normalized spacial score (nSPS) is 23.4. The summed E-state index contributed by atoms with van der Waals surface area (Å²) in [5.74, 6) is -2.24. The number of aliphatic imine (C=N–C) groups is 1. The van der Waals surface area contributed by atoms with Gasteiger partial charge < -0.3 is 5.32 Å². The number of alkyl halides is 3. The number of carbonyl (C=O) groups excluding carboxylic acids is 2. The van der Waals surface area contributed by atoms with Gasteiger partial charge in [0, 0.05) is 18.0 Å². The largest absolute Gasteiger partial charge is 0.442 e.